The van der Waals surface area contributed by atoms with Crippen molar-refractivity contribution in [1.29, 1.82) is 5.26 Å². The summed E-state index contributed by atoms with van der Waals surface area (Å²) in [6.07, 6.45) is 4.03. The lowest BCUT2D eigenvalue weighted by Crippen LogP contribution is -2.74. The van der Waals surface area contributed by atoms with Gasteiger partial charge >= 0.3 is 0 Å². The van der Waals surface area contributed by atoms with E-state index >= 15 is 0 Å². The van der Waals surface area contributed by atoms with Crippen LogP contribution in [0.3, 0.4) is 0 Å². The van der Waals surface area contributed by atoms with E-state index in [1.807, 2.05) is 11.0 Å². The highest BCUT2D eigenvalue weighted by Crippen LogP contribution is 2.55. The third kappa shape index (κ3) is 4.42. The number of hydrogen-bond donors (Lipinski definition) is 2. The molecule has 1 saturated carbocycles. The second-order valence-corrected chi connectivity index (χ2v) is 10.7. The fourth-order valence-electron chi connectivity index (χ4n) is 5.48. The van der Waals surface area contributed by atoms with E-state index in [0.717, 1.165) is 0 Å². The topological polar surface area (TPSA) is 111 Å². The maximum atomic E-state index is 13.0. The lowest BCUT2D eigenvalue weighted by Gasteiger charge is -2.63. The molecular formula is C25H30ClN5O3. The van der Waals surface area contributed by atoms with Crippen molar-refractivity contribution in [3.8, 4) is 11.8 Å². The number of aliphatic hydroxyl groups excluding tert-OH is 1. The van der Waals surface area contributed by atoms with Crippen LogP contribution in [0, 0.1) is 22.2 Å². The zero-order valence-electron chi connectivity index (χ0n) is 19.9. The lowest BCUT2D eigenvalue weighted by molar-refractivity contribution is -0.164. The zero-order valence-corrected chi connectivity index (χ0v) is 20.6. The maximum Gasteiger partial charge on any atom is 0.254 e. The molecule has 1 amide bonds. The molecule has 2 N–H and O–H groups in total. The van der Waals surface area contributed by atoms with Gasteiger partial charge < -0.3 is 20.1 Å². The molecule has 1 aromatic heterocycles. The summed E-state index contributed by atoms with van der Waals surface area (Å²) in [6, 6.07) is 6.94. The number of aliphatic hydroxyl groups is 1. The number of nitrogens with zero attached hydrogens (tertiary/aromatic N) is 4. The molecule has 4 rings (SSSR count). The number of piperidine rings is 1. The van der Waals surface area contributed by atoms with E-state index in [1.165, 1.54) is 0 Å². The van der Waals surface area contributed by atoms with Gasteiger partial charge in [0.05, 0.1) is 22.3 Å². The summed E-state index contributed by atoms with van der Waals surface area (Å²) in [7, 11) is 0. The highest BCUT2D eigenvalue weighted by atomic mass is 35.5. The molecule has 8 nitrogen and oxygen atoms in total. The minimum absolute atomic E-state index is 0.144. The summed E-state index contributed by atoms with van der Waals surface area (Å²) in [5.41, 5.74) is 0.0947. The molecule has 34 heavy (non-hydrogen) atoms. The zero-order chi connectivity index (χ0) is 24.7. The Hall–Kier alpha value is -2.89. The number of amides is 1. The van der Waals surface area contributed by atoms with E-state index in [1.54, 1.807) is 30.6 Å². The molecule has 0 atom stereocenters. The fraction of sp³-hybridized carbons (Fsp3) is 0.520. The first-order valence-electron chi connectivity index (χ1n) is 11.5. The van der Waals surface area contributed by atoms with Crippen molar-refractivity contribution < 1.29 is 14.6 Å². The van der Waals surface area contributed by atoms with Gasteiger partial charge in [0.2, 0.25) is 5.95 Å². The molecule has 2 fully saturated rings. The number of benzene rings is 1. The highest BCUT2D eigenvalue weighted by Gasteiger charge is 2.64. The van der Waals surface area contributed by atoms with Crippen molar-refractivity contribution in [3.63, 3.8) is 0 Å². The molecule has 0 unspecified atom stereocenters. The first-order chi connectivity index (χ1) is 16.0. The monoisotopic (exact) mass is 483 g/mol. The summed E-state index contributed by atoms with van der Waals surface area (Å²) in [5.74, 6) is 0.933. The van der Waals surface area contributed by atoms with Crippen molar-refractivity contribution in [1.82, 2.24) is 15.3 Å². The Morgan fingerprint density at radius 2 is 1.82 bits per heavy atom. The second-order valence-electron chi connectivity index (χ2n) is 10.3. The molecule has 1 aromatic carbocycles. The number of halogens is 1. The van der Waals surface area contributed by atoms with Gasteiger partial charge in [-0.3, -0.25) is 4.79 Å². The molecule has 1 aliphatic heterocycles. The largest absolute Gasteiger partial charge is 0.489 e. The number of ether oxygens (including phenoxy) is 1. The molecule has 0 bridgehead atoms. The maximum absolute atomic E-state index is 13.0. The van der Waals surface area contributed by atoms with Crippen LogP contribution >= 0.6 is 11.6 Å². The van der Waals surface area contributed by atoms with Gasteiger partial charge in [0.15, 0.2) is 0 Å². The van der Waals surface area contributed by atoms with Crippen molar-refractivity contribution in [2.45, 2.75) is 58.8 Å². The summed E-state index contributed by atoms with van der Waals surface area (Å²) < 4.78 is 6.28. The normalized spacial score (nSPS) is 23.5. The minimum atomic E-state index is -0.352. The number of nitrogens with one attached hydrogen (secondary N) is 1. The van der Waals surface area contributed by atoms with Crippen LogP contribution in [0.4, 0.5) is 5.95 Å². The molecule has 0 radical (unpaired) electrons. The molecule has 2 aliphatic rings. The minimum Gasteiger partial charge on any atom is -0.489 e. The highest BCUT2D eigenvalue weighted by molar-refractivity contribution is 6.31. The van der Waals surface area contributed by atoms with Crippen molar-refractivity contribution in [2.75, 3.05) is 18.0 Å². The van der Waals surface area contributed by atoms with Crippen LogP contribution in [0.1, 0.15) is 56.5 Å². The van der Waals surface area contributed by atoms with E-state index in [-0.39, 0.29) is 35.0 Å². The van der Waals surface area contributed by atoms with Crippen LogP contribution in [0.15, 0.2) is 30.6 Å². The Bertz CT molecular complexity index is 1090. The van der Waals surface area contributed by atoms with Crippen LogP contribution in [0.2, 0.25) is 5.02 Å². The molecule has 9 heteroatoms. The number of hydrogen-bond acceptors (Lipinski definition) is 7. The molecule has 2 aromatic rings. The van der Waals surface area contributed by atoms with Crippen molar-refractivity contribution in [3.05, 3.63) is 46.7 Å². The molecule has 1 saturated heterocycles. The van der Waals surface area contributed by atoms with Crippen molar-refractivity contribution in [2.24, 2.45) is 10.8 Å². The number of carbonyl (C=O) groups is 1. The molecule has 2 heterocycles. The van der Waals surface area contributed by atoms with Gasteiger partial charge in [-0.25, -0.2) is 9.97 Å². The van der Waals surface area contributed by atoms with Crippen LogP contribution in [-0.4, -0.2) is 52.3 Å². The Balaban J connectivity index is 1.42. The smallest absolute Gasteiger partial charge is 0.254 e. The average molecular weight is 484 g/mol. The first kappa shape index (κ1) is 24.2. The van der Waals surface area contributed by atoms with Crippen LogP contribution in [-0.2, 0) is 0 Å². The van der Waals surface area contributed by atoms with Gasteiger partial charge in [0, 0.05) is 48.4 Å². The van der Waals surface area contributed by atoms with Crippen LogP contribution in [0.5, 0.6) is 5.75 Å². The van der Waals surface area contributed by atoms with E-state index in [9.17, 15) is 9.90 Å². The quantitative estimate of drug-likeness (QED) is 0.668. The third-order valence-electron chi connectivity index (χ3n) is 7.08. The average Bonchev–Trinajstić information content (AvgIpc) is 2.81. The predicted octanol–water partition coefficient (Wildman–Crippen LogP) is 3.57. The van der Waals surface area contributed by atoms with Gasteiger partial charge in [-0.1, -0.05) is 39.3 Å². The first-order valence-corrected chi connectivity index (χ1v) is 11.8. The van der Waals surface area contributed by atoms with Crippen LogP contribution in [0.25, 0.3) is 0 Å². The molecular weight excluding hydrogens is 454 g/mol. The Kier molecular flexibility index (Phi) is 6.45. The summed E-state index contributed by atoms with van der Waals surface area (Å²) in [4.78, 5) is 23.8. The molecule has 1 aliphatic carbocycles. The fourth-order valence-corrected chi connectivity index (χ4v) is 5.69. The number of anilines is 1. The van der Waals surface area contributed by atoms with Crippen molar-refractivity contribution >= 4 is 23.5 Å². The summed E-state index contributed by atoms with van der Waals surface area (Å²) in [5, 5.41) is 22.3. The van der Waals surface area contributed by atoms with Gasteiger partial charge in [-0.2, -0.15) is 5.26 Å². The predicted molar refractivity (Wildman–Crippen MR) is 129 cm³/mol. The molecule has 0 spiro atoms. The van der Waals surface area contributed by atoms with Gasteiger partial charge in [-0.15, -0.1) is 0 Å². The number of rotatable bonds is 5. The van der Waals surface area contributed by atoms with Crippen LogP contribution < -0.4 is 15.0 Å². The second kappa shape index (κ2) is 9.05. The number of aromatic nitrogens is 2. The standard InChI is InChI=1S/C25H30ClN5O3/c1-24(2)21(25(3,4)22(24)34-18-6-5-15(12-27)19(26)11-18)30-20(33)16-13-28-23(29-14-16)31-9-7-17(32)8-10-31/h5-6,11,13-14,17,21-22,32H,7-10H2,1-4H3,(H,30,33). The Morgan fingerprint density at radius 1 is 1.21 bits per heavy atom. The van der Waals surface area contributed by atoms with E-state index in [4.69, 9.17) is 21.6 Å². The summed E-state index contributed by atoms with van der Waals surface area (Å²) >= 11 is 6.16. The van der Waals surface area contributed by atoms with E-state index in [0.29, 0.717) is 53.8 Å². The van der Waals surface area contributed by atoms with Gasteiger partial charge in [-0.05, 0) is 25.0 Å². The third-order valence-corrected chi connectivity index (χ3v) is 7.39. The van der Waals surface area contributed by atoms with E-state index < -0.39 is 0 Å². The number of nitriles is 1. The van der Waals surface area contributed by atoms with Gasteiger partial charge in [0.25, 0.3) is 5.91 Å². The summed E-state index contributed by atoms with van der Waals surface area (Å²) in [6.45, 7) is 9.63. The Morgan fingerprint density at radius 3 is 2.38 bits per heavy atom. The Labute approximate surface area is 204 Å². The van der Waals surface area contributed by atoms with E-state index in [2.05, 4.69) is 43.0 Å². The van der Waals surface area contributed by atoms with Gasteiger partial charge in [0.1, 0.15) is 17.9 Å². The number of carbonyl (C=O) groups excluding carboxylic acids is 1. The lowest BCUT2D eigenvalue weighted by atomic mass is 9.49. The molecule has 180 valence electrons. The SMILES string of the molecule is CC1(C)C(NC(=O)c2cnc(N3CCC(O)CC3)nc2)C(C)(C)C1Oc1ccc(C#N)c(Cl)c1.